The number of anilines is 1. The zero-order valence-corrected chi connectivity index (χ0v) is 10.1. The Balaban J connectivity index is 2.11. The maximum absolute atomic E-state index is 13.1. The lowest BCUT2D eigenvalue weighted by atomic mass is 10.0. The average molecular weight is 222 g/mol. The molecule has 1 fully saturated rings. The first-order chi connectivity index (χ1) is 7.48. The Labute approximate surface area is 96.5 Å². The van der Waals surface area contributed by atoms with Gasteiger partial charge >= 0.3 is 0 Å². The van der Waals surface area contributed by atoms with Crippen LogP contribution in [0.2, 0.25) is 0 Å². The van der Waals surface area contributed by atoms with Gasteiger partial charge in [0, 0.05) is 30.9 Å². The largest absolute Gasteiger partial charge is 0.370 e. The molecule has 1 aromatic carbocycles. The van der Waals surface area contributed by atoms with Crippen LogP contribution in [0.15, 0.2) is 24.3 Å². The predicted octanol–water partition coefficient (Wildman–Crippen LogP) is 2.40. The average Bonchev–Trinajstić information content (AvgIpc) is 2.58. The molecule has 0 spiro atoms. The molecule has 1 saturated heterocycles. The summed E-state index contributed by atoms with van der Waals surface area (Å²) in [4.78, 5) is 2.16. The predicted molar refractivity (Wildman–Crippen MR) is 65.3 cm³/mol. The Morgan fingerprint density at radius 3 is 2.75 bits per heavy atom. The van der Waals surface area contributed by atoms with Gasteiger partial charge in [0.05, 0.1) is 0 Å². The lowest BCUT2D eigenvalue weighted by Crippen LogP contribution is -2.33. The van der Waals surface area contributed by atoms with Crippen molar-refractivity contribution in [2.24, 2.45) is 0 Å². The highest BCUT2D eigenvalue weighted by atomic mass is 19.1. The molecule has 0 amide bonds. The first-order valence-corrected chi connectivity index (χ1v) is 5.71. The second kappa shape index (κ2) is 4.06. The molecule has 2 nitrogen and oxygen atoms in total. The lowest BCUT2D eigenvalue weighted by molar-refractivity contribution is 0.454. The van der Waals surface area contributed by atoms with Crippen molar-refractivity contribution < 1.29 is 4.39 Å². The van der Waals surface area contributed by atoms with E-state index in [1.807, 2.05) is 13.1 Å². The maximum atomic E-state index is 13.1. The van der Waals surface area contributed by atoms with E-state index in [1.165, 1.54) is 6.07 Å². The molecule has 1 aliphatic rings. The minimum absolute atomic E-state index is 0.172. The van der Waals surface area contributed by atoms with E-state index in [1.54, 1.807) is 12.1 Å². The summed E-state index contributed by atoms with van der Waals surface area (Å²) in [5.74, 6) is -0.172. The van der Waals surface area contributed by atoms with E-state index in [9.17, 15) is 4.39 Å². The van der Waals surface area contributed by atoms with Crippen molar-refractivity contribution in [3.63, 3.8) is 0 Å². The molecule has 1 N–H and O–H groups in total. The van der Waals surface area contributed by atoms with Crippen LogP contribution in [0.3, 0.4) is 0 Å². The molecule has 88 valence electrons. The first-order valence-electron chi connectivity index (χ1n) is 5.71. The number of benzene rings is 1. The number of likely N-dealkylation sites (N-methyl/N-ethyl adjacent to an activating group) is 1. The molecule has 0 bridgehead atoms. The minimum Gasteiger partial charge on any atom is -0.370 e. The fourth-order valence-electron chi connectivity index (χ4n) is 2.31. The van der Waals surface area contributed by atoms with Crippen LogP contribution in [0.1, 0.15) is 20.3 Å². The second-order valence-corrected chi connectivity index (χ2v) is 5.21. The van der Waals surface area contributed by atoms with Gasteiger partial charge in [-0.1, -0.05) is 6.07 Å². The van der Waals surface area contributed by atoms with E-state index in [2.05, 4.69) is 24.1 Å². The van der Waals surface area contributed by atoms with Crippen LogP contribution < -0.4 is 10.2 Å². The van der Waals surface area contributed by atoms with Crippen LogP contribution >= 0.6 is 0 Å². The van der Waals surface area contributed by atoms with Gasteiger partial charge < -0.3 is 10.2 Å². The third kappa shape index (κ3) is 2.35. The van der Waals surface area contributed by atoms with E-state index in [4.69, 9.17) is 0 Å². The SMILES string of the molecule is CN(c1cccc(F)c1)C1CNC(C)(C)C1. The highest BCUT2D eigenvalue weighted by Crippen LogP contribution is 2.25. The Morgan fingerprint density at radius 1 is 1.44 bits per heavy atom. The lowest BCUT2D eigenvalue weighted by Gasteiger charge is -2.27. The second-order valence-electron chi connectivity index (χ2n) is 5.21. The molecule has 0 saturated carbocycles. The molecule has 1 aromatic rings. The van der Waals surface area contributed by atoms with Gasteiger partial charge in [-0.3, -0.25) is 0 Å². The van der Waals surface area contributed by atoms with Crippen molar-refractivity contribution >= 4 is 5.69 Å². The zero-order valence-electron chi connectivity index (χ0n) is 10.1. The van der Waals surface area contributed by atoms with Crippen LogP contribution in [0.25, 0.3) is 0 Å². The Hall–Kier alpha value is -1.09. The Morgan fingerprint density at radius 2 is 2.19 bits per heavy atom. The number of nitrogens with zero attached hydrogens (tertiary/aromatic N) is 1. The maximum Gasteiger partial charge on any atom is 0.125 e. The van der Waals surface area contributed by atoms with Gasteiger partial charge in [0.1, 0.15) is 5.82 Å². The molecular weight excluding hydrogens is 203 g/mol. The molecule has 16 heavy (non-hydrogen) atoms. The standard InChI is InChI=1S/C13H19FN2/c1-13(2)8-12(9-15-13)16(3)11-6-4-5-10(14)7-11/h4-7,12,15H,8-9H2,1-3H3. The van der Waals surface area contributed by atoms with Gasteiger partial charge in [-0.2, -0.15) is 0 Å². The minimum atomic E-state index is -0.172. The molecule has 2 rings (SSSR count). The topological polar surface area (TPSA) is 15.3 Å². The van der Waals surface area contributed by atoms with Crippen LogP contribution in [0, 0.1) is 5.82 Å². The summed E-state index contributed by atoms with van der Waals surface area (Å²) < 4.78 is 13.1. The van der Waals surface area contributed by atoms with Gasteiger partial charge in [-0.15, -0.1) is 0 Å². The van der Waals surface area contributed by atoms with Crippen molar-refractivity contribution in [1.29, 1.82) is 0 Å². The van der Waals surface area contributed by atoms with Crippen LogP contribution in [-0.2, 0) is 0 Å². The summed E-state index contributed by atoms with van der Waals surface area (Å²) in [6.07, 6.45) is 1.08. The molecule has 0 aliphatic carbocycles. The molecule has 1 atom stereocenters. The summed E-state index contributed by atoms with van der Waals surface area (Å²) in [6, 6.07) is 7.22. The number of hydrogen-bond donors (Lipinski definition) is 1. The summed E-state index contributed by atoms with van der Waals surface area (Å²) >= 11 is 0. The van der Waals surface area contributed by atoms with E-state index in [0.717, 1.165) is 18.7 Å². The fraction of sp³-hybridized carbons (Fsp3) is 0.538. The molecule has 0 radical (unpaired) electrons. The van der Waals surface area contributed by atoms with Crippen LogP contribution in [0.5, 0.6) is 0 Å². The van der Waals surface area contributed by atoms with Crippen molar-refractivity contribution in [3.05, 3.63) is 30.1 Å². The zero-order chi connectivity index (χ0) is 11.8. The fourth-order valence-corrected chi connectivity index (χ4v) is 2.31. The van der Waals surface area contributed by atoms with Gasteiger partial charge in [-0.05, 0) is 38.5 Å². The van der Waals surface area contributed by atoms with Crippen molar-refractivity contribution in [1.82, 2.24) is 5.32 Å². The Kier molecular flexibility index (Phi) is 2.89. The number of nitrogens with one attached hydrogen (secondary N) is 1. The molecular formula is C13H19FN2. The van der Waals surface area contributed by atoms with Crippen molar-refractivity contribution in [2.75, 3.05) is 18.5 Å². The molecule has 1 heterocycles. The van der Waals surface area contributed by atoms with Gasteiger partial charge in [-0.25, -0.2) is 4.39 Å². The smallest absolute Gasteiger partial charge is 0.125 e. The summed E-state index contributed by atoms with van der Waals surface area (Å²) in [5, 5.41) is 3.48. The number of rotatable bonds is 2. The van der Waals surface area contributed by atoms with E-state index >= 15 is 0 Å². The third-order valence-corrected chi connectivity index (χ3v) is 3.33. The normalized spacial score (nSPS) is 23.4. The van der Waals surface area contributed by atoms with Crippen LogP contribution in [0.4, 0.5) is 10.1 Å². The molecule has 1 unspecified atom stereocenters. The van der Waals surface area contributed by atoms with E-state index in [0.29, 0.717) is 6.04 Å². The quantitative estimate of drug-likeness (QED) is 0.826. The van der Waals surface area contributed by atoms with E-state index in [-0.39, 0.29) is 11.4 Å². The first kappa shape index (κ1) is 11.4. The molecule has 0 aromatic heterocycles. The highest BCUT2D eigenvalue weighted by Gasteiger charge is 2.32. The summed E-state index contributed by atoms with van der Waals surface area (Å²) in [6.45, 7) is 5.36. The summed E-state index contributed by atoms with van der Waals surface area (Å²) in [5.41, 5.74) is 1.14. The monoisotopic (exact) mass is 222 g/mol. The summed E-state index contributed by atoms with van der Waals surface area (Å²) in [7, 11) is 2.03. The molecule has 3 heteroatoms. The molecule has 1 aliphatic heterocycles. The van der Waals surface area contributed by atoms with Gasteiger partial charge in [0.25, 0.3) is 0 Å². The highest BCUT2D eigenvalue weighted by molar-refractivity contribution is 5.47. The van der Waals surface area contributed by atoms with Crippen molar-refractivity contribution in [2.45, 2.75) is 31.8 Å². The van der Waals surface area contributed by atoms with Crippen molar-refractivity contribution in [3.8, 4) is 0 Å². The van der Waals surface area contributed by atoms with Gasteiger partial charge in [0.2, 0.25) is 0 Å². The number of hydrogen-bond acceptors (Lipinski definition) is 2. The Bertz CT molecular complexity index is 376. The van der Waals surface area contributed by atoms with Crippen LogP contribution in [-0.4, -0.2) is 25.2 Å². The number of halogens is 1. The van der Waals surface area contributed by atoms with E-state index < -0.39 is 0 Å². The van der Waals surface area contributed by atoms with Gasteiger partial charge in [0.15, 0.2) is 0 Å². The third-order valence-electron chi connectivity index (χ3n) is 3.33.